The van der Waals surface area contributed by atoms with Crippen molar-refractivity contribution in [1.29, 1.82) is 0 Å². The molecule has 0 fully saturated rings. The molecule has 0 unspecified atom stereocenters. The molecule has 1 aliphatic carbocycles. The number of benzene rings is 1. The molecule has 1 aromatic heterocycles. The molecule has 2 aromatic rings. The number of methoxy groups -OCH3 is 1. The van der Waals surface area contributed by atoms with E-state index in [0.717, 1.165) is 12.0 Å². The topological polar surface area (TPSA) is 82.2 Å². The Morgan fingerprint density at radius 2 is 2.27 bits per heavy atom. The highest BCUT2D eigenvalue weighted by atomic mass is 16.5. The van der Waals surface area contributed by atoms with Gasteiger partial charge in [-0.1, -0.05) is 24.3 Å². The van der Waals surface area contributed by atoms with E-state index >= 15 is 0 Å². The van der Waals surface area contributed by atoms with Crippen molar-refractivity contribution >= 4 is 5.91 Å². The van der Waals surface area contributed by atoms with Crippen LogP contribution >= 0.6 is 0 Å². The number of carbonyl (C=O) groups excluding carboxylic acids is 1. The molecular formula is C16H20N4O2. The first-order valence-electron chi connectivity index (χ1n) is 7.35. The smallest absolute Gasteiger partial charge is 0.272 e. The summed E-state index contributed by atoms with van der Waals surface area (Å²) in [5.41, 5.74) is 8.94. The van der Waals surface area contributed by atoms with E-state index in [-0.39, 0.29) is 18.0 Å². The second-order valence-corrected chi connectivity index (χ2v) is 5.47. The molecule has 1 heterocycles. The molecule has 0 saturated carbocycles. The average Bonchev–Trinajstić information content (AvgIpc) is 3.11. The summed E-state index contributed by atoms with van der Waals surface area (Å²) < 4.78 is 6.69. The Balaban J connectivity index is 1.64. The van der Waals surface area contributed by atoms with Gasteiger partial charge >= 0.3 is 0 Å². The minimum atomic E-state index is -0.190. The first kappa shape index (κ1) is 14.7. The van der Waals surface area contributed by atoms with Crippen LogP contribution in [0.5, 0.6) is 0 Å². The number of fused-ring (bicyclic) bond motifs is 1. The van der Waals surface area contributed by atoms with Crippen molar-refractivity contribution in [2.24, 2.45) is 5.73 Å². The average molecular weight is 300 g/mol. The number of rotatable bonds is 5. The van der Waals surface area contributed by atoms with Crippen LogP contribution in [0.25, 0.3) is 0 Å². The van der Waals surface area contributed by atoms with Gasteiger partial charge in [-0.3, -0.25) is 9.48 Å². The second kappa shape index (κ2) is 6.29. The van der Waals surface area contributed by atoms with Crippen molar-refractivity contribution in [1.82, 2.24) is 15.1 Å². The molecule has 0 saturated heterocycles. The van der Waals surface area contributed by atoms with Crippen LogP contribution in [0.3, 0.4) is 0 Å². The van der Waals surface area contributed by atoms with Crippen molar-refractivity contribution in [2.75, 3.05) is 13.7 Å². The third-order valence-corrected chi connectivity index (χ3v) is 4.00. The molecular weight excluding hydrogens is 280 g/mol. The fourth-order valence-corrected chi connectivity index (χ4v) is 2.80. The lowest BCUT2D eigenvalue weighted by molar-refractivity contribution is 0.0927. The number of hydrogen-bond acceptors (Lipinski definition) is 4. The Bertz CT molecular complexity index is 668. The maximum atomic E-state index is 12.3. The van der Waals surface area contributed by atoms with E-state index in [1.807, 2.05) is 18.2 Å². The molecule has 0 radical (unpaired) electrons. The van der Waals surface area contributed by atoms with Crippen molar-refractivity contribution < 1.29 is 9.53 Å². The number of nitrogens with two attached hydrogens (primary N) is 1. The molecule has 22 heavy (non-hydrogen) atoms. The zero-order chi connectivity index (χ0) is 15.5. The highest BCUT2D eigenvalue weighted by Gasteiger charge is 2.30. The largest absolute Gasteiger partial charge is 0.383 e. The van der Waals surface area contributed by atoms with E-state index in [1.165, 1.54) is 5.56 Å². The first-order valence-corrected chi connectivity index (χ1v) is 7.35. The zero-order valence-electron chi connectivity index (χ0n) is 12.5. The van der Waals surface area contributed by atoms with E-state index in [1.54, 1.807) is 24.1 Å². The molecule has 3 N–H and O–H groups in total. The molecule has 1 aliphatic rings. The number of carbonyl (C=O) groups is 1. The number of nitrogens with one attached hydrogen (secondary N) is 1. The van der Waals surface area contributed by atoms with E-state index in [2.05, 4.69) is 16.5 Å². The minimum absolute atomic E-state index is 0.0889. The second-order valence-electron chi connectivity index (χ2n) is 5.47. The van der Waals surface area contributed by atoms with Gasteiger partial charge in [0.05, 0.1) is 25.2 Å². The van der Waals surface area contributed by atoms with Crippen molar-refractivity contribution in [2.45, 2.75) is 25.0 Å². The van der Waals surface area contributed by atoms with Gasteiger partial charge in [0.25, 0.3) is 5.91 Å². The van der Waals surface area contributed by atoms with E-state index in [0.29, 0.717) is 18.8 Å². The molecule has 3 rings (SSSR count). The maximum absolute atomic E-state index is 12.3. The SMILES string of the molecule is COCCn1ccc(C(=O)N[C@@H]2Cc3ccccc3[C@H]2N)n1. The van der Waals surface area contributed by atoms with Gasteiger partial charge < -0.3 is 15.8 Å². The molecule has 6 nitrogen and oxygen atoms in total. The zero-order valence-corrected chi connectivity index (χ0v) is 12.5. The van der Waals surface area contributed by atoms with Crippen molar-refractivity contribution in [3.05, 3.63) is 53.3 Å². The van der Waals surface area contributed by atoms with Crippen molar-refractivity contribution in [3.8, 4) is 0 Å². The predicted molar refractivity (Wildman–Crippen MR) is 82.4 cm³/mol. The van der Waals surface area contributed by atoms with Crippen LogP contribution in [0.2, 0.25) is 0 Å². The number of aromatic nitrogens is 2. The van der Waals surface area contributed by atoms with Gasteiger partial charge in [-0.25, -0.2) is 0 Å². The van der Waals surface area contributed by atoms with Gasteiger partial charge in [0.2, 0.25) is 0 Å². The summed E-state index contributed by atoms with van der Waals surface area (Å²) in [6.07, 6.45) is 2.53. The highest BCUT2D eigenvalue weighted by molar-refractivity contribution is 5.92. The van der Waals surface area contributed by atoms with Crippen LogP contribution in [-0.2, 0) is 17.7 Å². The Labute approximate surface area is 129 Å². The molecule has 6 heteroatoms. The summed E-state index contributed by atoms with van der Waals surface area (Å²) in [5.74, 6) is -0.190. The Kier molecular flexibility index (Phi) is 4.22. The summed E-state index contributed by atoms with van der Waals surface area (Å²) in [6.45, 7) is 1.18. The highest BCUT2D eigenvalue weighted by Crippen LogP contribution is 2.29. The monoisotopic (exact) mass is 300 g/mol. The summed E-state index contributed by atoms with van der Waals surface area (Å²) in [5, 5.41) is 7.24. The molecule has 116 valence electrons. The van der Waals surface area contributed by atoms with Crippen LogP contribution in [0.15, 0.2) is 36.5 Å². The Hall–Kier alpha value is -2.18. The van der Waals surface area contributed by atoms with Crippen LogP contribution in [0.4, 0.5) is 0 Å². The lowest BCUT2D eigenvalue weighted by atomic mass is 10.1. The standard InChI is InChI=1S/C16H20N4O2/c1-22-9-8-20-7-6-13(19-20)16(21)18-14-10-11-4-2-3-5-12(11)15(14)17/h2-7,14-15H,8-10,17H2,1H3,(H,18,21)/t14-,15-/m1/s1. The number of nitrogens with zero attached hydrogens (tertiary/aromatic N) is 2. The summed E-state index contributed by atoms with van der Waals surface area (Å²) in [7, 11) is 1.64. The quantitative estimate of drug-likeness (QED) is 0.859. The summed E-state index contributed by atoms with van der Waals surface area (Å²) in [6, 6.07) is 9.49. The lowest BCUT2D eigenvalue weighted by Gasteiger charge is -2.17. The normalized spacial score (nSPS) is 19.9. The van der Waals surface area contributed by atoms with E-state index < -0.39 is 0 Å². The molecule has 1 aromatic carbocycles. The van der Waals surface area contributed by atoms with Crippen LogP contribution in [0.1, 0.15) is 27.7 Å². The number of amides is 1. The molecule has 0 bridgehead atoms. The van der Waals surface area contributed by atoms with Gasteiger partial charge in [-0.15, -0.1) is 0 Å². The van der Waals surface area contributed by atoms with Crippen LogP contribution in [0, 0.1) is 0 Å². The molecule has 0 spiro atoms. The fourth-order valence-electron chi connectivity index (χ4n) is 2.80. The third kappa shape index (κ3) is 2.88. The summed E-state index contributed by atoms with van der Waals surface area (Å²) >= 11 is 0. The Morgan fingerprint density at radius 3 is 3.05 bits per heavy atom. The predicted octanol–water partition coefficient (Wildman–Crippen LogP) is 0.884. The van der Waals surface area contributed by atoms with Gasteiger partial charge in [0.1, 0.15) is 5.69 Å². The van der Waals surface area contributed by atoms with Crippen LogP contribution in [-0.4, -0.2) is 35.4 Å². The van der Waals surface area contributed by atoms with Gasteiger partial charge in [0.15, 0.2) is 0 Å². The Morgan fingerprint density at radius 1 is 1.45 bits per heavy atom. The molecule has 0 aliphatic heterocycles. The maximum Gasteiger partial charge on any atom is 0.272 e. The molecule has 1 amide bonds. The lowest BCUT2D eigenvalue weighted by Crippen LogP contribution is -2.40. The van der Waals surface area contributed by atoms with Gasteiger partial charge in [-0.05, 0) is 23.6 Å². The van der Waals surface area contributed by atoms with Gasteiger partial charge in [0, 0.05) is 13.3 Å². The summed E-state index contributed by atoms with van der Waals surface area (Å²) in [4.78, 5) is 12.3. The number of ether oxygens (including phenoxy) is 1. The third-order valence-electron chi connectivity index (χ3n) is 4.00. The minimum Gasteiger partial charge on any atom is -0.383 e. The van der Waals surface area contributed by atoms with E-state index in [9.17, 15) is 4.79 Å². The van der Waals surface area contributed by atoms with E-state index in [4.69, 9.17) is 10.5 Å². The van der Waals surface area contributed by atoms with Gasteiger partial charge in [-0.2, -0.15) is 5.10 Å². The fraction of sp³-hybridized carbons (Fsp3) is 0.375. The molecule has 2 atom stereocenters. The first-order chi connectivity index (χ1) is 10.7. The van der Waals surface area contributed by atoms with Crippen molar-refractivity contribution in [3.63, 3.8) is 0 Å². The van der Waals surface area contributed by atoms with Crippen LogP contribution < -0.4 is 11.1 Å². The number of hydrogen-bond donors (Lipinski definition) is 2.